The third kappa shape index (κ3) is 10.2. The minimum Gasteiger partial charge on any atom is -0.396 e. The number of aliphatic hydroxyl groups excluding tert-OH is 1. The van der Waals surface area contributed by atoms with Crippen LogP contribution in [0.1, 0.15) is 32.1 Å². The summed E-state index contributed by atoms with van der Waals surface area (Å²) in [4.78, 5) is 2.36. The number of rotatable bonds is 9. The molecular formula is C10H23NOS. The van der Waals surface area contributed by atoms with Crippen molar-refractivity contribution < 1.29 is 5.11 Å². The molecule has 0 aliphatic carbocycles. The normalized spacial score (nSPS) is 11.1. The molecule has 0 bridgehead atoms. The molecule has 0 heterocycles. The lowest BCUT2D eigenvalue weighted by Gasteiger charge is -2.15. The zero-order valence-corrected chi connectivity index (χ0v) is 9.60. The minimum atomic E-state index is 0.337. The molecule has 0 aromatic carbocycles. The second kappa shape index (κ2) is 10.4. The zero-order valence-electron chi connectivity index (χ0n) is 8.71. The van der Waals surface area contributed by atoms with Crippen LogP contribution in [0.2, 0.25) is 0 Å². The van der Waals surface area contributed by atoms with Crippen molar-refractivity contribution in [3.63, 3.8) is 0 Å². The Morgan fingerprint density at radius 1 is 1.00 bits per heavy atom. The van der Waals surface area contributed by atoms with Crippen molar-refractivity contribution >= 4 is 12.6 Å². The fraction of sp³-hybridized carbons (Fsp3) is 1.00. The third-order valence-corrected chi connectivity index (χ3v) is 2.46. The molecular weight excluding hydrogens is 182 g/mol. The molecule has 0 saturated carbocycles. The fourth-order valence-electron chi connectivity index (χ4n) is 1.28. The number of aliphatic hydroxyl groups is 1. The molecule has 0 aromatic rings. The smallest absolute Gasteiger partial charge is 0.0431 e. The van der Waals surface area contributed by atoms with Crippen molar-refractivity contribution in [2.75, 3.05) is 32.5 Å². The molecule has 1 N–H and O–H groups in total. The van der Waals surface area contributed by atoms with Crippen LogP contribution in [-0.4, -0.2) is 42.5 Å². The number of hydrogen-bond donors (Lipinski definition) is 2. The van der Waals surface area contributed by atoms with Crippen LogP contribution in [0.15, 0.2) is 0 Å². The quantitative estimate of drug-likeness (QED) is 0.443. The van der Waals surface area contributed by atoms with Gasteiger partial charge in [0.2, 0.25) is 0 Å². The van der Waals surface area contributed by atoms with Gasteiger partial charge in [-0.15, -0.1) is 0 Å². The summed E-state index contributed by atoms with van der Waals surface area (Å²) in [5.41, 5.74) is 0. The van der Waals surface area contributed by atoms with Gasteiger partial charge in [0.1, 0.15) is 0 Å². The first-order valence-corrected chi connectivity index (χ1v) is 5.84. The van der Waals surface area contributed by atoms with Gasteiger partial charge in [-0.3, -0.25) is 0 Å². The highest BCUT2D eigenvalue weighted by Gasteiger charge is 1.96. The molecule has 0 fully saturated rings. The maximum Gasteiger partial charge on any atom is 0.0431 e. The first-order valence-electron chi connectivity index (χ1n) is 5.21. The van der Waals surface area contributed by atoms with Crippen LogP contribution < -0.4 is 0 Å². The minimum absolute atomic E-state index is 0.337. The number of unbranched alkanes of at least 4 members (excludes halogenated alkanes) is 3. The van der Waals surface area contributed by atoms with Crippen molar-refractivity contribution in [3.8, 4) is 0 Å². The van der Waals surface area contributed by atoms with Crippen LogP contribution in [0.25, 0.3) is 0 Å². The van der Waals surface area contributed by atoms with E-state index in [1.807, 2.05) is 0 Å². The van der Waals surface area contributed by atoms with Gasteiger partial charge in [0, 0.05) is 6.61 Å². The lowest BCUT2D eigenvalue weighted by atomic mass is 10.2. The predicted molar refractivity (Wildman–Crippen MR) is 61.5 cm³/mol. The van der Waals surface area contributed by atoms with Crippen molar-refractivity contribution in [3.05, 3.63) is 0 Å². The summed E-state index contributed by atoms with van der Waals surface area (Å²) in [5.74, 6) is 0.998. The van der Waals surface area contributed by atoms with Gasteiger partial charge in [0.25, 0.3) is 0 Å². The van der Waals surface area contributed by atoms with Gasteiger partial charge >= 0.3 is 0 Å². The molecule has 0 aliphatic rings. The molecule has 0 aromatic heterocycles. The molecule has 13 heavy (non-hydrogen) atoms. The van der Waals surface area contributed by atoms with E-state index in [1.165, 1.54) is 25.8 Å². The van der Waals surface area contributed by atoms with E-state index in [0.29, 0.717) is 6.61 Å². The van der Waals surface area contributed by atoms with Crippen molar-refractivity contribution in [1.82, 2.24) is 4.90 Å². The lowest BCUT2D eigenvalue weighted by Crippen LogP contribution is -2.21. The first-order chi connectivity index (χ1) is 6.31. The lowest BCUT2D eigenvalue weighted by molar-refractivity contribution is 0.272. The molecule has 0 radical (unpaired) electrons. The standard InChI is InChI=1S/C10H23NOS/c1-11(8-4-6-10-13)7-3-2-5-9-12/h12-13H,2-10H2,1H3. The summed E-state index contributed by atoms with van der Waals surface area (Å²) in [5, 5.41) is 8.58. The zero-order chi connectivity index (χ0) is 9.94. The first kappa shape index (κ1) is 13.3. The molecule has 0 amide bonds. The number of hydrogen-bond acceptors (Lipinski definition) is 3. The van der Waals surface area contributed by atoms with Crippen molar-refractivity contribution in [2.24, 2.45) is 0 Å². The summed E-state index contributed by atoms with van der Waals surface area (Å²) < 4.78 is 0. The predicted octanol–water partition coefficient (Wildman–Crippen LogP) is 1.79. The maximum atomic E-state index is 8.58. The Morgan fingerprint density at radius 2 is 1.62 bits per heavy atom. The summed E-state index contributed by atoms with van der Waals surface area (Å²) >= 11 is 4.18. The summed E-state index contributed by atoms with van der Waals surface area (Å²) in [6.07, 6.45) is 5.76. The molecule has 0 atom stereocenters. The second-order valence-corrected chi connectivity index (χ2v) is 3.97. The van der Waals surface area contributed by atoms with E-state index in [4.69, 9.17) is 5.11 Å². The van der Waals surface area contributed by atoms with E-state index in [9.17, 15) is 0 Å². The Bertz CT molecular complexity index is 101. The molecule has 80 valence electrons. The molecule has 0 rings (SSSR count). The maximum absolute atomic E-state index is 8.58. The summed E-state index contributed by atoms with van der Waals surface area (Å²) in [6, 6.07) is 0. The Morgan fingerprint density at radius 3 is 2.15 bits per heavy atom. The molecule has 0 aliphatic heterocycles. The fourth-order valence-corrected chi connectivity index (χ4v) is 1.50. The van der Waals surface area contributed by atoms with Gasteiger partial charge in [0.05, 0.1) is 0 Å². The third-order valence-electron chi connectivity index (χ3n) is 2.15. The highest BCUT2D eigenvalue weighted by atomic mass is 32.1. The van der Waals surface area contributed by atoms with E-state index in [0.717, 1.165) is 25.1 Å². The van der Waals surface area contributed by atoms with Crippen LogP contribution in [0.4, 0.5) is 0 Å². The second-order valence-electron chi connectivity index (χ2n) is 3.52. The highest BCUT2D eigenvalue weighted by molar-refractivity contribution is 7.80. The van der Waals surface area contributed by atoms with Crippen LogP contribution in [0.5, 0.6) is 0 Å². The van der Waals surface area contributed by atoms with Crippen LogP contribution in [0.3, 0.4) is 0 Å². The average molecular weight is 205 g/mol. The van der Waals surface area contributed by atoms with Crippen LogP contribution in [0, 0.1) is 0 Å². The SMILES string of the molecule is CN(CCCCS)CCCCCO. The van der Waals surface area contributed by atoms with E-state index < -0.39 is 0 Å². The summed E-state index contributed by atoms with van der Waals surface area (Å²) in [7, 11) is 2.16. The van der Waals surface area contributed by atoms with E-state index in [1.54, 1.807) is 0 Å². The van der Waals surface area contributed by atoms with Gasteiger partial charge in [-0.05, 0) is 58.0 Å². The van der Waals surface area contributed by atoms with E-state index in [-0.39, 0.29) is 0 Å². The Balaban J connectivity index is 3.05. The van der Waals surface area contributed by atoms with Crippen molar-refractivity contribution in [2.45, 2.75) is 32.1 Å². The van der Waals surface area contributed by atoms with Gasteiger partial charge < -0.3 is 10.0 Å². The van der Waals surface area contributed by atoms with Gasteiger partial charge in [-0.2, -0.15) is 12.6 Å². The monoisotopic (exact) mass is 205 g/mol. The van der Waals surface area contributed by atoms with Crippen molar-refractivity contribution in [1.29, 1.82) is 0 Å². The summed E-state index contributed by atoms with van der Waals surface area (Å²) in [6.45, 7) is 2.68. The average Bonchev–Trinajstić information content (AvgIpc) is 2.13. The number of nitrogens with zero attached hydrogens (tertiary/aromatic N) is 1. The van der Waals surface area contributed by atoms with Crippen LogP contribution >= 0.6 is 12.6 Å². The van der Waals surface area contributed by atoms with Gasteiger partial charge in [-0.25, -0.2) is 0 Å². The molecule has 0 unspecified atom stereocenters. The Hall–Kier alpha value is 0.270. The molecule has 0 spiro atoms. The highest BCUT2D eigenvalue weighted by Crippen LogP contribution is 1.99. The Labute approximate surface area is 87.7 Å². The van der Waals surface area contributed by atoms with Crippen LogP contribution in [-0.2, 0) is 0 Å². The largest absolute Gasteiger partial charge is 0.396 e. The van der Waals surface area contributed by atoms with Gasteiger partial charge in [0.15, 0.2) is 0 Å². The molecule has 0 saturated heterocycles. The van der Waals surface area contributed by atoms with E-state index >= 15 is 0 Å². The number of thiol groups is 1. The van der Waals surface area contributed by atoms with E-state index in [2.05, 4.69) is 24.6 Å². The topological polar surface area (TPSA) is 23.5 Å². The molecule has 3 heteroatoms. The van der Waals surface area contributed by atoms with Gasteiger partial charge in [-0.1, -0.05) is 0 Å². The molecule has 2 nitrogen and oxygen atoms in total. The Kier molecular flexibility index (Phi) is 10.6.